The first kappa shape index (κ1) is 22.9. The van der Waals surface area contributed by atoms with Gasteiger partial charge in [-0.3, -0.25) is 18.6 Å². The van der Waals surface area contributed by atoms with Gasteiger partial charge in [0.05, 0.1) is 40.5 Å². The van der Waals surface area contributed by atoms with Crippen LogP contribution in [-0.4, -0.2) is 47.4 Å². The van der Waals surface area contributed by atoms with Crippen LogP contribution in [0.3, 0.4) is 0 Å². The second-order valence-corrected chi connectivity index (χ2v) is 10.2. The molecular formula is C27H26FN7O3. The van der Waals surface area contributed by atoms with Crippen molar-refractivity contribution in [2.24, 2.45) is 14.1 Å². The van der Waals surface area contributed by atoms with Crippen molar-refractivity contribution in [2.75, 3.05) is 6.61 Å². The van der Waals surface area contributed by atoms with E-state index in [-0.39, 0.29) is 30.3 Å². The molecule has 1 fully saturated rings. The Morgan fingerprint density at radius 3 is 2.68 bits per heavy atom. The zero-order valence-electron chi connectivity index (χ0n) is 21.0. The number of ether oxygens (including phenoxy) is 1. The summed E-state index contributed by atoms with van der Waals surface area (Å²) in [5.41, 5.74) is 5.23. The van der Waals surface area contributed by atoms with E-state index >= 15 is 4.39 Å². The number of halogens is 1. The number of H-pyrrole nitrogens is 1. The van der Waals surface area contributed by atoms with Gasteiger partial charge in [-0.1, -0.05) is 24.3 Å². The van der Waals surface area contributed by atoms with Crippen molar-refractivity contribution in [2.45, 2.75) is 38.0 Å². The first-order valence-electron chi connectivity index (χ1n) is 12.7. The number of nitrogens with one attached hydrogen (secondary N) is 2. The second kappa shape index (κ2) is 8.38. The molecule has 2 atom stereocenters. The van der Waals surface area contributed by atoms with Crippen LogP contribution in [0.5, 0.6) is 0 Å². The summed E-state index contributed by atoms with van der Waals surface area (Å²) in [6.07, 6.45) is 5.46. The molecule has 0 saturated heterocycles. The number of imidazole rings is 1. The van der Waals surface area contributed by atoms with E-state index in [1.807, 2.05) is 28.8 Å². The smallest absolute Gasteiger partial charge is 0.329 e. The first-order valence-corrected chi connectivity index (χ1v) is 12.7. The minimum atomic E-state index is -0.594. The molecule has 38 heavy (non-hydrogen) atoms. The summed E-state index contributed by atoms with van der Waals surface area (Å²) in [4.78, 5) is 34.2. The summed E-state index contributed by atoms with van der Waals surface area (Å²) in [5.74, 6) is -0.754. The number of hydrogen-bond donors (Lipinski definition) is 2. The predicted molar refractivity (Wildman–Crippen MR) is 139 cm³/mol. The van der Waals surface area contributed by atoms with Gasteiger partial charge in [-0.05, 0) is 30.4 Å². The highest BCUT2D eigenvalue weighted by Gasteiger charge is 2.32. The van der Waals surface area contributed by atoms with Gasteiger partial charge >= 0.3 is 5.69 Å². The minimum Gasteiger partial charge on any atom is -0.367 e. The molecule has 1 saturated carbocycles. The molecule has 194 valence electrons. The van der Waals surface area contributed by atoms with Crippen molar-refractivity contribution in [3.63, 3.8) is 0 Å². The average Bonchev–Trinajstić information content (AvgIpc) is 3.64. The number of amides is 1. The van der Waals surface area contributed by atoms with Crippen LogP contribution in [0.2, 0.25) is 0 Å². The third-order valence-electron chi connectivity index (χ3n) is 7.80. The number of aromatic nitrogens is 6. The van der Waals surface area contributed by atoms with Crippen LogP contribution >= 0.6 is 0 Å². The Hall–Kier alpha value is -4.25. The maximum absolute atomic E-state index is 15.0. The molecule has 3 aliphatic rings. The van der Waals surface area contributed by atoms with Crippen LogP contribution in [0.1, 0.15) is 30.9 Å². The maximum Gasteiger partial charge on any atom is 0.329 e. The monoisotopic (exact) mass is 515 g/mol. The van der Waals surface area contributed by atoms with Crippen molar-refractivity contribution in [1.29, 1.82) is 0 Å². The number of nitrogens with zero attached hydrogens (tertiary/aromatic N) is 5. The number of carbonyl (C=O) groups is 1. The first-order chi connectivity index (χ1) is 18.4. The Morgan fingerprint density at radius 1 is 1.11 bits per heavy atom. The van der Waals surface area contributed by atoms with Crippen LogP contribution in [0.25, 0.3) is 44.5 Å². The predicted octanol–water partition coefficient (Wildman–Crippen LogP) is 3.16. The molecule has 6 heterocycles. The van der Waals surface area contributed by atoms with Crippen LogP contribution in [0, 0.1) is 5.95 Å². The summed E-state index contributed by atoms with van der Waals surface area (Å²) >= 11 is 0. The molecule has 0 radical (unpaired) electrons. The fraction of sp³-hybridized carbons (Fsp3) is 0.333. The number of fused-ring (bicyclic) bond motifs is 6. The Balaban J connectivity index is 1.58. The number of pyridine rings is 1. The lowest BCUT2D eigenvalue weighted by molar-refractivity contribution is -0.126. The molecule has 4 bridgehead atoms. The van der Waals surface area contributed by atoms with E-state index in [9.17, 15) is 9.59 Å². The summed E-state index contributed by atoms with van der Waals surface area (Å²) in [6.45, 7) is 0.263. The van der Waals surface area contributed by atoms with Gasteiger partial charge in [-0.2, -0.15) is 4.39 Å². The quantitative estimate of drug-likeness (QED) is 0.356. The molecule has 1 amide bonds. The highest BCUT2D eigenvalue weighted by molar-refractivity contribution is 6.14. The molecule has 0 spiro atoms. The van der Waals surface area contributed by atoms with E-state index in [0.29, 0.717) is 35.4 Å². The van der Waals surface area contributed by atoms with E-state index in [4.69, 9.17) is 4.74 Å². The molecule has 1 aromatic carbocycles. The maximum atomic E-state index is 15.0. The number of carbonyl (C=O) groups excluding carboxylic acids is 1. The van der Waals surface area contributed by atoms with Gasteiger partial charge in [0.15, 0.2) is 0 Å². The van der Waals surface area contributed by atoms with Crippen molar-refractivity contribution in [3.8, 4) is 22.4 Å². The van der Waals surface area contributed by atoms with E-state index in [0.717, 1.165) is 40.4 Å². The van der Waals surface area contributed by atoms with Crippen molar-refractivity contribution >= 4 is 28.0 Å². The van der Waals surface area contributed by atoms with E-state index < -0.39 is 5.95 Å². The molecule has 4 aromatic heterocycles. The van der Waals surface area contributed by atoms with Crippen LogP contribution in [0.4, 0.5) is 4.39 Å². The van der Waals surface area contributed by atoms with Crippen molar-refractivity contribution < 1.29 is 13.9 Å². The second-order valence-electron chi connectivity index (χ2n) is 10.2. The number of hydrogen-bond acceptors (Lipinski definition) is 5. The fourth-order valence-electron chi connectivity index (χ4n) is 6.06. The molecule has 5 aromatic rings. The summed E-state index contributed by atoms with van der Waals surface area (Å²) < 4.78 is 25.6. The fourth-order valence-corrected chi connectivity index (χ4v) is 6.06. The summed E-state index contributed by atoms with van der Waals surface area (Å²) in [5, 5.41) is 7.74. The van der Waals surface area contributed by atoms with E-state index in [1.54, 1.807) is 31.1 Å². The SMILES string of the molecule is Cn1cc(-c2[nH]c3ncc4c5c3c2-c2ccc(cc2)COCC(=O)N[C@@H]2CC[C@@H](C2)n5c(=O)n4C)c(F)n1. The normalized spacial score (nSPS) is 19.7. The lowest BCUT2D eigenvalue weighted by Crippen LogP contribution is -2.36. The largest absolute Gasteiger partial charge is 0.367 e. The van der Waals surface area contributed by atoms with Crippen molar-refractivity contribution in [1.82, 2.24) is 34.2 Å². The molecule has 1 aliphatic carbocycles. The number of aryl methyl sites for hydroxylation is 2. The standard InChI is InChI=1S/C27H26FN7O3/c1-33-11-18(25(28)32-33)23-21-15-5-3-14(4-6-15)12-38-13-20(36)30-16-7-8-17(9-16)35-24-19(34(2)27(35)37)10-29-26(31-23)22(21)24/h3-6,10-11,16-17H,7-9,12-13H2,1-2H3,(H,29,31)(H,30,36)/t16-,17+/m1/s1. The van der Waals surface area contributed by atoms with Crippen LogP contribution < -0.4 is 11.0 Å². The Kier molecular flexibility index (Phi) is 5.05. The molecular weight excluding hydrogens is 489 g/mol. The average molecular weight is 516 g/mol. The van der Waals surface area contributed by atoms with Gasteiger partial charge in [0.1, 0.15) is 12.3 Å². The Morgan fingerprint density at radius 2 is 1.92 bits per heavy atom. The Bertz CT molecular complexity index is 1790. The van der Waals surface area contributed by atoms with Gasteiger partial charge in [0.2, 0.25) is 11.9 Å². The number of benzene rings is 1. The topological polar surface area (TPSA) is 112 Å². The molecule has 10 nitrogen and oxygen atoms in total. The highest BCUT2D eigenvalue weighted by Crippen LogP contribution is 2.43. The van der Waals surface area contributed by atoms with Crippen LogP contribution in [-0.2, 0) is 30.2 Å². The minimum absolute atomic E-state index is 0.0319. The molecule has 2 N–H and O–H groups in total. The molecule has 8 rings (SSSR count). The van der Waals surface area contributed by atoms with Gasteiger partial charge in [-0.15, -0.1) is 5.10 Å². The highest BCUT2D eigenvalue weighted by atomic mass is 19.1. The van der Waals surface area contributed by atoms with Gasteiger partial charge < -0.3 is 15.0 Å². The lowest BCUT2D eigenvalue weighted by Gasteiger charge is -2.16. The summed E-state index contributed by atoms with van der Waals surface area (Å²) in [7, 11) is 3.42. The summed E-state index contributed by atoms with van der Waals surface area (Å²) in [6, 6.07) is 7.58. The molecule has 11 heteroatoms. The Labute approximate surface area is 216 Å². The van der Waals surface area contributed by atoms with E-state index in [1.165, 1.54) is 4.68 Å². The lowest BCUT2D eigenvalue weighted by atomic mass is 9.98. The van der Waals surface area contributed by atoms with Crippen molar-refractivity contribution in [3.05, 3.63) is 58.7 Å². The van der Waals surface area contributed by atoms with E-state index in [2.05, 4.69) is 20.4 Å². The number of aromatic amines is 1. The van der Waals surface area contributed by atoms with Gasteiger partial charge in [0.25, 0.3) is 0 Å². The van der Waals surface area contributed by atoms with Gasteiger partial charge in [-0.25, -0.2) is 9.78 Å². The third-order valence-corrected chi connectivity index (χ3v) is 7.80. The van der Waals surface area contributed by atoms with Crippen LogP contribution in [0.15, 0.2) is 41.5 Å². The third kappa shape index (κ3) is 3.42. The van der Waals surface area contributed by atoms with Gasteiger partial charge in [0, 0.05) is 37.9 Å². The zero-order chi connectivity index (χ0) is 26.1. The molecule has 2 aliphatic heterocycles. The zero-order valence-corrected chi connectivity index (χ0v) is 21.0. The molecule has 0 unspecified atom stereocenters. The number of rotatable bonds is 1.